The third kappa shape index (κ3) is 4.43. The molecule has 29 heavy (non-hydrogen) atoms. The van der Waals surface area contributed by atoms with Gasteiger partial charge in [0.1, 0.15) is 11.6 Å². The maximum absolute atomic E-state index is 13.3. The molecule has 1 fully saturated rings. The zero-order chi connectivity index (χ0) is 20.3. The summed E-state index contributed by atoms with van der Waals surface area (Å²) in [6.07, 6.45) is 4.59. The highest BCUT2D eigenvalue weighted by Gasteiger charge is 2.20. The molecule has 0 amide bonds. The van der Waals surface area contributed by atoms with Crippen molar-refractivity contribution < 1.29 is 12.8 Å². The average molecular weight is 414 g/mol. The zero-order valence-electron chi connectivity index (χ0n) is 15.4. The van der Waals surface area contributed by atoms with E-state index in [0.29, 0.717) is 5.95 Å². The van der Waals surface area contributed by atoms with Crippen LogP contribution in [0.15, 0.2) is 66.0 Å². The maximum atomic E-state index is 13.3. The Morgan fingerprint density at radius 1 is 0.897 bits per heavy atom. The summed E-state index contributed by atoms with van der Waals surface area (Å²) in [7, 11) is -3.91. The normalized spacial score (nSPS) is 14.7. The predicted octanol–water partition coefficient (Wildman–Crippen LogP) is 2.14. The van der Waals surface area contributed by atoms with E-state index in [0.717, 1.165) is 38.1 Å². The fraction of sp³-hybridized carbons (Fsp3) is 0.211. The molecule has 2 aromatic heterocycles. The molecule has 0 atom stereocenters. The van der Waals surface area contributed by atoms with Crippen LogP contribution in [0.4, 0.5) is 21.8 Å². The largest absolute Gasteiger partial charge is 0.353 e. The fourth-order valence-electron chi connectivity index (χ4n) is 3.06. The van der Waals surface area contributed by atoms with Crippen LogP contribution in [0.2, 0.25) is 0 Å². The van der Waals surface area contributed by atoms with Crippen LogP contribution in [-0.4, -0.2) is 49.5 Å². The van der Waals surface area contributed by atoms with Gasteiger partial charge in [0, 0.05) is 32.4 Å². The van der Waals surface area contributed by atoms with Gasteiger partial charge in [-0.1, -0.05) is 12.1 Å². The van der Waals surface area contributed by atoms with Gasteiger partial charge in [-0.3, -0.25) is 4.72 Å². The van der Waals surface area contributed by atoms with E-state index in [2.05, 4.69) is 24.6 Å². The number of nitrogens with one attached hydrogen (secondary N) is 1. The van der Waals surface area contributed by atoms with Gasteiger partial charge in [-0.15, -0.1) is 0 Å². The van der Waals surface area contributed by atoms with E-state index in [1.54, 1.807) is 6.20 Å². The van der Waals surface area contributed by atoms with Crippen molar-refractivity contribution in [2.45, 2.75) is 4.90 Å². The Hall–Kier alpha value is -3.27. The molecule has 10 heteroatoms. The molecular formula is C19H19FN6O2S. The summed E-state index contributed by atoms with van der Waals surface area (Å²) in [5, 5.41) is 0. The van der Waals surface area contributed by atoms with Gasteiger partial charge >= 0.3 is 0 Å². The van der Waals surface area contributed by atoms with E-state index in [-0.39, 0.29) is 10.6 Å². The quantitative estimate of drug-likeness (QED) is 0.684. The minimum atomic E-state index is -3.91. The second kappa shape index (κ2) is 8.00. The average Bonchev–Trinajstić information content (AvgIpc) is 2.75. The van der Waals surface area contributed by atoms with Crippen molar-refractivity contribution in [3.05, 3.63) is 66.9 Å². The molecule has 1 saturated heterocycles. The van der Waals surface area contributed by atoms with Crippen molar-refractivity contribution in [1.82, 2.24) is 15.0 Å². The fourth-order valence-corrected chi connectivity index (χ4v) is 4.12. The molecule has 1 aliphatic rings. The Morgan fingerprint density at radius 3 is 2.28 bits per heavy atom. The van der Waals surface area contributed by atoms with Gasteiger partial charge < -0.3 is 9.80 Å². The van der Waals surface area contributed by atoms with E-state index in [1.807, 2.05) is 23.1 Å². The highest BCUT2D eigenvalue weighted by molar-refractivity contribution is 7.92. The van der Waals surface area contributed by atoms with Crippen LogP contribution in [0.3, 0.4) is 0 Å². The lowest BCUT2D eigenvalue weighted by atomic mass is 10.3. The van der Waals surface area contributed by atoms with E-state index in [1.165, 1.54) is 30.6 Å². The number of piperazine rings is 1. The molecule has 4 rings (SSSR count). The summed E-state index contributed by atoms with van der Waals surface area (Å²) in [5.41, 5.74) is 0.213. The summed E-state index contributed by atoms with van der Waals surface area (Å²) in [6.45, 7) is 3.03. The Kier molecular flexibility index (Phi) is 5.26. The number of nitrogens with zero attached hydrogens (tertiary/aromatic N) is 5. The first-order valence-corrected chi connectivity index (χ1v) is 10.5. The maximum Gasteiger partial charge on any atom is 0.262 e. The van der Waals surface area contributed by atoms with Crippen LogP contribution in [-0.2, 0) is 10.0 Å². The third-order valence-corrected chi connectivity index (χ3v) is 5.91. The summed E-state index contributed by atoms with van der Waals surface area (Å²) < 4.78 is 40.4. The second-order valence-corrected chi connectivity index (χ2v) is 8.18. The molecule has 0 radical (unpaired) electrons. The van der Waals surface area contributed by atoms with Gasteiger partial charge in [-0.2, -0.15) is 0 Å². The highest BCUT2D eigenvalue weighted by Crippen LogP contribution is 2.19. The molecule has 0 spiro atoms. The topological polar surface area (TPSA) is 91.3 Å². The van der Waals surface area contributed by atoms with Crippen LogP contribution >= 0.6 is 0 Å². The highest BCUT2D eigenvalue weighted by atomic mass is 32.2. The number of anilines is 3. The first kappa shape index (κ1) is 19.1. The van der Waals surface area contributed by atoms with E-state index >= 15 is 0 Å². The van der Waals surface area contributed by atoms with Crippen LogP contribution in [0.25, 0.3) is 0 Å². The van der Waals surface area contributed by atoms with Crippen LogP contribution in [0.5, 0.6) is 0 Å². The van der Waals surface area contributed by atoms with E-state index in [9.17, 15) is 12.8 Å². The number of halogens is 1. The van der Waals surface area contributed by atoms with E-state index < -0.39 is 15.8 Å². The molecule has 1 aromatic carbocycles. The van der Waals surface area contributed by atoms with Crippen molar-refractivity contribution in [3.63, 3.8) is 0 Å². The third-order valence-electron chi connectivity index (χ3n) is 4.53. The Morgan fingerprint density at radius 2 is 1.62 bits per heavy atom. The lowest BCUT2D eigenvalue weighted by molar-refractivity contribution is 0.595. The summed E-state index contributed by atoms with van der Waals surface area (Å²) in [4.78, 5) is 17.0. The number of benzene rings is 1. The van der Waals surface area contributed by atoms with Crippen LogP contribution < -0.4 is 14.5 Å². The number of sulfonamides is 1. The minimum Gasteiger partial charge on any atom is -0.353 e. The molecule has 8 nitrogen and oxygen atoms in total. The molecule has 1 N–H and O–H groups in total. The standard InChI is InChI=1S/C19H19FN6O2S/c20-15-4-3-5-17(12-15)29(27,28)24-16-13-22-19(23-14-16)26-10-8-25(9-11-26)18-6-1-2-7-21-18/h1-7,12-14,24H,8-11H2. The van der Waals surface area contributed by atoms with Crippen molar-refractivity contribution >= 4 is 27.5 Å². The molecule has 3 aromatic rings. The second-order valence-electron chi connectivity index (χ2n) is 6.50. The number of pyridine rings is 1. The smallest absolute Gasteiger partial charge is 0.262 e. The van der Waals surface area contributed by atoms with Gasteiger partial charge in [0.2, 0.25) is 5.95 Å². The van der Waals surface area contributed by atoms with Crippen molar-refractivity contribution in [1.29, 1.82) is 0 Å². The van der Waals surface area contributed by atoms with E-state index in [4.69, 9.17) is 0 Å². The number of hydrogen-bond donors (Lipinski definition) is 1. The molecule has 0 saturated carbocycles. The minimum absolute atomic E-state index is 0.160. The van der Waals surface area contributed by atoms with Crippen molar-refractivity contribution in [2.24, 2.45) is 0 Å². The number of aromatic nitrogens is 3. The monoisotopic (exact) mass is 414 g/mol. The van der Waals surface area contributed by atoms with Crippen LogP contribution in [0, 0.1) is 5.82 Å². The van der Waals surface area contributed by atoms with Gasteiger partial charge in [-0.25, -0.2) is 27.8 Å². The Bertz CT molecular complexity index is 1070. The summed E-state index contributed by atoms with van der Waals surface area (Å²) in [6, 6.07) is 10.6. The first-order valence-electron chi connectivity index (χ1n) is 9.03. The van der Waals surface area contributed by atoms with Gasteiger partial charge in [0.15, 0.2) is 0 Å². The number of hydrogen-bond acceptors (Lipinski definition) is 7. The van der Waals surface area contributed by atoms with Gasteiger partial charge in [-0.05, 0) is 30.3 Å². The predicted molar refractivity (Wildman–Crippen MR) is 108 cm³/mol. The molecule has 1 aliphatic heterocycles. The van der Waals surface area contributed by atoms with Crippen molar-refractivity contribution in [3.8, 4) is 0 Å². The van der Waals surface area contributed by atoms with Gasteiger partial charge in [0.05, 0.1) is 23.0 Å². The Balaban J connectivity index is 1.40. The van der Waals surface area contributed by atoms with Crippen LogP contribution in [0.1, 0.15) is 0 Å². The molecule has 0 unspecified atom stereocenters. The molecule has 3 heterocycles. The SMILES string of the molecule is O=S(=O)(Nc1cnc(N2CCN(c3ccccn3)CC2)nc1)c1cccc(F)c1. The lowest BCUT2D eigenvalue weighted by Gasteiger charge is -2.35. The molecule has 150 valence electrons. The molecular weight excluding hydrogens is 395 g/mol. The number of rotatable bonds is 5. The molecule has 0 aliphatic carbocycles. The van der Waals surface area contributed by atoms with Gasteiger partial charge in [0.25, 0.3) is 10.0 Å². The summed E-state index contributed by atoms with van der Waals surface area (Å²) in [5.74, 6) is 0.846. The lowest BCUT2D eigenvalue weighted by Crippen LogP contribution is -2.47. The molecule has 0 bridgehead atoms. The first-order chi connectivity index (χ1) is 14.0. The zero-order valence-corrected chi connectivity index (χ0v) is 16.3. The summed E-state index contributed by atoms with van der Waals surface area (Å²) >= 11 is 0. The Labute approximate surface area is 168 Å². The van der Waals surface area contributed by atoms with Crippen molar-refractivity contribution in [2.75, 3.05) is 40.7 Å².